The number of hydrogen-bond donors (Lipinski definition) is 0. The number of piperazine rings is 1. The van der Waals surface area contributed by atoms with Crippen LogP contribution < -0.4 is 9.64 Å². The average molecular weight is 519 g/mol. The van der Waals surface area contributed by atoms with E-state index in [0.29, 0.717) is 30.4 Å². The van der Waals surface area contributed by atoms with Crippen molar-refractivity contribution in [2.75, 3.05) is 38.2 Å². The van der Waals surface area contributed by atoms with Gasteiger partial charge >= 0.3 is 6.18 Å². The molecule has 0 unspecified atom stereocenters. The van der Waals surface area contributed by atoms with Gasteiger partial charge in [-0.05, 0) is 42.0 Å². The molecule has 1 fully saturated rings. The molecule has 0 spiro atoms. The summed E-state index contributed by atoms with van der Waals surface area (Å²) in [6, 6.07) is 11.0. The summed E-state index contributed by atoms with van der Waals surface area (Å²) in [5, 5.41) is 4.31. The van der Waals surface area contributed by atoms with Gasteiger partial charge in [0, 0.05) is 37.9 Å². The van der Waals surface area contributed by atoms with Gasteiger partial charge in [0.05, 0.1) is 17.6 Å². The molecule has 5 rings (SSSR count). The van der Waals surface area contributed by atoms with Gasteiger partial charge in [-0.15, -0.1) is 0 Å². The Bertz CT molecular complexity index is 1480. The monoisotopic (exact) mass is 518 g/mol. The number of nitrogens with zero attached hydrogens (tertiary/aromatic N) is 6. The summed E-state index contributed by atoms with van der Waals surface area (Å²) in [6.45, 7) is 0.956. The highest BCUT2D eigenvalue weighted by atomic mass is 32.2. The molecule has 13 heteroatoms. The van der Waals surface area contributed by atoms with E-state index in [9.17, 15) is 21.6 Å². The summed E-state index contributed by atoms with van der Waals surface area (Å²) in [5.41, 5.74) is 0.761. The minimum atomic E-state index is -4.53. The van der Waals surface area contributed by atoms with E-state index in [2.05, 4.69) is 15.1 Å². The molecule has 1 aliphatic rings. The van der Waals surface area contributed by atoms with Crippen molar-refractivity contribution in [1.82, 2.24) is 23.9 Å². The number of sulfonamides is 1. The van der Waals surface area contributed by atoms with E-state index >= 15 is 0 Å². The summed E-state index contributed by atoms with van der Waals surface area (Å²) in [4.78, 5) is 10.4. The van der Waals surface area contributed by atoms with Gasteiger partial charge in [-0.25, -0.2) is 13.4 Å². The number of hydrogen-bond acceptors (Lipinski definition) is 7. The number of halogens is 3. The molecule has 1 aliphatic heterocycles. The number of aromatic nitrogens is 4. The molecule has 0 aliphatic carbocycles. The van der Waals surface area contributed by atoms with Crippen molar-refractivity contribution in [3.8, 4) is 16.9 Å². The molecule has 0 N–H and O–H groups in total. The summed E-state index contributed by atoms with van der Waals surface area (Å²) in [7, 11) is -2.37. The first-order chi connectivity index (χ1) is 17.2. The van der Waals surface area contributed by atoms with Crippen LogP contribution in [0.5, 0.6) is 5.75 Å². The molecule has 0 saturated carbocycles. The fraction of sp³-hybridized carbons (Fsp3) is 0.261. The Morgan fingerprint density at radius 2 is 1.58 bits per heavy atom. The average Bonchev–Trinajstić information content (AvgIpc) is 3.37. The lowest BCUT2D eigenvalue weighted by molar-refractivity contribution is -0.137. The molecule has 0 bridgehead atoms. The van der Waals surface area contributed by atoms with E-state index in [1.807, 2.05) is 29.2 Å². The molecule has 1 saturated heterocycles. The van der Waals surface area contributed by atoms with Gasteiger partial charge in [0.2, 0.25) is 10.0 Å². The Morgan fingerprint density at radius 1 is 0.917 bits per heavy atom. The number of benzene rings is 2. The largest absolute Gasteiger partial charge is 0.497 e. The van der Waals surface area contributed by atoms with Gasteiger partial charge in [-0.3, -0.25) is 0 Å². The SMILES string of the molecule is COc1ccc(-c2cnc3ncnn3c2N2CCN(S(=O)(=O)c3ccc(C(F)(F)F)cc3)CC2)cc1. The standard InChI is InChI=1S/C23H21F3N6O3S/c1-35-18-6-2-16(3-7-18)20-14-27-22-28-15-29-32(22)21(20)30-10-12-31(13-11-30)36(33,34)19-8-4-17(5-9-19)23(24,25)26/h2-9,14-15H,10-13H2,1H3. The summed E-state index contributed by atoms with van der Waals surface area (Å²) < 4.78 is 72.9. The summed E-state index contributed by atoms with van der Waals surface area (Å²) >= 11 is 0. The molecule has 0 amide bonds. The third-order valence-electron chi connectivity index (χ3n) is 6.04. The maximum atomic E-state index is 13.1. The van der Waals surface area contributed by atoms with Crippen molar-refractivity contribution < 1.29 is 26.3 Å². The molecule has 9 nitrogen and oxygen atoms in total. The highest BCUT2D eigenvalue weighted by molar-refractivity contribution is 7.89. The first-order valence-electron chi connectivity index (χ1n) is 10.9. The van der Waals surface area contributed by atoms with E-state index in [-0.39, 0.29) is 18.0 Å². The van der Waals surface area contributed by atoms with Crippen LogP contribution in [0.4, 0.5) is 19.0 Å². The number of fused-ring (bicyclic) bond motifs is 1. The van der Waals surface area contributed by atoms with Gasteiger partial charge < -0.3 is 9.64 Å². The van der Waals surface area contributed by atoms with Gasteiger partial charge in [0.15, 0.2) is 0 Å². The molecule has 2 aromatic carbocycles. The van der Waals surface area contributed by atoms with Gasteiger partial charge in [0.25, 0.3) is 5.78 Å². The van der Waals surface area contributed by atoms with E-state index in [0.717, 1.165) is 35.4 Å². The fourth-order valence-electron chi connectivity index (χ4n) is 4.15. The molecule has 3 heterocycles. The molecular formula is C23H21F3N6O3S. The third kappa shape index (κ3) is 4.35. The smallest absolute Gasteiger partial charge is 0.416 e. The lowest BCUT2D eigenvalue weighted by Gasteiger charge is -2.36. The first-order valence-corrected chi connectivity index (χ1v) is 12.4. The Balaban J connectivity index is 1.41. The zero-order chi connectivity index (χ0) is 25.5. The highest BCUT2D eigenvalue weighted by Crippen LogP contribution is 2.33. The second-order valence-electron chi connectivity index (χ2n) is 8.11. The Labute approximate surface area is 204 Å². The first kappa shape index (κ1) is 24.0. The van der Waals surface area contributed by atoms with Crippen LogP contribution >= 0.6 is 0 Å². The van der Waals surface area contributed by atoms with Crippen molar-refractivity contribution >= 4 is 21.6 Å². The van der Waals surface area contributed by atoms with Crippen LogP contribution in [0.3, 0.4) is 0 Å². The number of methoxy groups -OCH3 is 1. The van der Waals surface area contributed by atoms with Crippen molar-refractivity contribution in [1.29, 1.82) is 0 Å². The summed E-state index contributed by atoms with van der Waals surface area (Å²) in [6.07, 6.45) is -1.44. The summed E-state index contributed by atoms with van der Waals surface area (Å²) in [5.74, 6) is 1.83. The maximum absolute atomic E-state index is 13.1. The molecular weight excluding hydrogens is 497 g/mol. The van der Waals surface area contributed by atoms with Crippen molar-refractivity contribution in [2.24, 2.45) is 0 Å². The van der Waals surface area contributed by atoms with E-state index < -0.39 is 21.8 Å². The van der Waals surface area contributed by atoms with Gasteiger partial charge in [-0.1, -0.05) is 12.1 Å². The highest BCUT2D eigenvalue weighted by Gasteiger charge is 2.33. The lowest BCUT2D eigenvalue weighted by atomic mass is 10.1. The van der Waals surface area contributed by atoms with Gasteiger partial charge in [0.1, 0.15) is 17.9 Å². The van der Waals surface area contributed by atoms with Crippen LogP contribution in [0, 0.1) is 0 Å². The predicted octanol–water partition coefficient (Wildman–Crippen LogP) is 3.33. The fourth-order valence-corrected chi connectivity index (χ4v) is 5.57. The Kier molecular flexibility index (Phi) is 6.04. The number of rotatable bonds is 5. The second kappa shape index (κ2) is 9.06. The predicted molar refractivity (Wildman–Crippen MR) is 125 cm³/mol. The third-order valence-corrected chi connectivity index (χ3v) is 7.95. The number of alkyl halides is 3. The van der Waals surface area contributed by atoms with E-state index in [4.69, 9.17) is 4.74 Å². The van der Waals surface area contributed by atoms with Gasteiger partial charge in [-0.2, -0.15) is 32.1 Å². The minimum Gasteiger partial charge on any atom is -0.497 e. The van der Waals surface area contributed by atoms with Crippen LogP contribution in [0.2, 0.25) is 0 Å². The molecule has 188 valence electrons. The maximum Gasteiger partial charge on any atom is 0.416 e. The lowest BCUT2D eigenvalue weighted by Crippen LogP contribution is -2.49. The van der Waals surface area contributed by atoms with Crippen LogP contribution in [-0.4, -0.2) is 65.6 Å². The quantitative estimate of drug-likeness (QED) is 0.400. The van der Waals surface area contributed by atoms with Crippen molar-refractivity contribution in [2.45, 2.75) is 11.1 Å². The zero-order valence-electron chi connectivity index (χ0n) is 19.1. The zero-order valence-corrected chi connectivity index (χ0v) is 19.9. The number of anilines is 1. The molecule has 36 heavy (non-hydrogen) atoms. The molecule has 0 radical (unpaired) electrons. The number of ether oxygens (including phenoxy) is 1. The molecule has 0 atom stereocenters. The molecule has 4 aromatic rings. The van der Waals surface area contributed by atoms with Crippen molar-refractivity contribution in [3.63, 3.8) is 0 Å². The van der Waals surface area contributed by atoms with Crippen LogP contribution in [0.1, 0.15) is 5.56 Å². The topological polar surface area (TPSA) is 92.9 Å². The van der Waals surface area contributed by atoms with E-state index in [1.54, 1.807) is 17.8 Å². The normalized spacial score (nSPS) is 15.4. The minimum absolute atomic E-state index is 0.143. The van der Waals surface area contributed by atoms with Crippen LogP contribution in [0.25, 0.3) is 16.9 Å². The second-order valence-corrected chi connectivity index (χ2v) is 10.0. The van der Waals surface area contributed by atoms with Crippen LogP contribution in [-0.2, 0) is 16.2 Å². The Hall–Kier alpha value is -3.71. The Morgan fingerprint density at radius 3 is 2.19 bits per heavy atom. The molecule has 2 aromatic heterocycles. The van der Waals surface area contributed by atoms with Crippen LogP contribution in [0.15, 0.2) is 66.0 Å². The van der Waals surface area contributed by atoms with E-state index in [1.165, 1.54) is 10.6 Å². The van der Waals surface area contributed by atoms with Crippen molar-refractivity contribution in [3.05, 3.63) is 66.6 Å².